The number of amides is 1. The topological polar surface area (TPSA) is 54.5 Å². The molecular formula is C19H28N4O2. The molecule has 0 unspecified atom stereocenters. The van der Waals surface area contributed by atoms with Crippen LogP contribution in [0.25, 0.3) is 0 Å². The third-order valence-electron chi connectivity index (χ3n) is 4.70. The lowest BCUT2D eigenvalue weighted by Crippen LogP contribution is -2.35. The highest BCUT2D eigenvalue weighted by Crippen LogP contribution is 2.12. The van der Waals surface area contributed by atoms with Crippen molar-refractivity contribution in [2.75, 3.05) is 26.2 Å². The zero-order valence-corrected chi connectivity index (χ0v) is 15.2. The Labute approximate surface area is 149 Å². The molecule has 0 N–H and O–H groups in total. The van der Waals surface area contributed by atoms with E-state index in [9.17, 15) is 4.79 Å². The lowest BCUT2D eigenvalue weighted by molar-refractivity contribution is -0.131. The smallest absolute Gasteiger partial charge is 0.223 e. The van der Waals surface area contributed by atoms with Gasteiger partial charge in [0.1, 0.15) is 5.76 Å². The zero-order chi connectivity index (χ0) is 17.6. The Hall–Kier alpha value is -2.08. The van der Waals surface area contributed by atoms with Crippen LogP contribution < -0.4 is 0 Å². The normalized spacial score (nSPS) is 16.4. The highest BCUT2D eigenvalue weighted by Gasteiger charge is 2.19. The van der Waals surface area contributed by atoms with E-state index in [-0.39, 0.29) is 5.91 Å². The molecule has 1 aliphatic heterocycles. The van der Waals surface area contributed by atoms with E-state index in [1.807, 2.05) is 27.9 Å². The molecule has 0 spiro atoms. The maximum absolute atomic E-state index is 12.4. The van der Waals surface area contributed by atoms with Crippen LogP contribution in [0.1, 0.15) is 44.1 Å². The van der Waals surface area contributed by atoms with Crippen molar-refractivity contribution in [2.24, 2.45) is 0 Å². The standard InChI is InChI=1S/C19H28N4O2/c1-16(2)23-15-17(13-20-23)14-21-8-4-9-22(11-10-21)19(24)7-6-18-5-3-12-25-18/h3,5,12-13,15-16H,4,6-11,14H2,1-2H3. The van der Waals surface area contributed by atoms with Crippen LogP contribution in [0.3, 0.4) is 0 Å². The molecule has 2 aromatic heterocycles. The molecule has 25 heavy (non-hydrogen) atoms. The fourth-order valence-corrected chi connectivity index (χ4v) is 3.22. The number of carbonyl (C=O) groups is 1. The van der Waals surface area contributed by atoms with Crippen LogP contribution in [0.15, 0.2) is 35.2 Å². The minimum absolute atomic E-state index is 0.228. The van der Waals surface area contributed by atoms with Crippen LogP contribution in [-0.4, -0.2) is 51.7 Å². The summed E-state index contributed by atoms with van der Waals surface area (Å²) in [5.41, 5.74) is 1.24. The van der Waals surface area contributed by atoms with Gasteiger partial charge in [-0.25, -0.2) is 0 Å². The second-order valence-corrected chi connectivity index (χ2v) is 7.01. The van der Waals surface area contributed by atoms with Gasteiger partial charge in [0.2, 0.25) is 5.91 Å². The van der Waals surface area contributed by atoms with Crippen molar-refractivity contribution in [3.05, 3.63) is 42.1 Å². The summed E-state index contributed by atoms with van der Waals surface area (Å²) in [6.45, 7) is 8.76. The van der Waals surface area contributed by atoms with Gasteiger partial charge in [-0.3, -0.25) is 14.4 Å². The molecule has 3 heterocycles. The van der Waals surface area contributed by atoms with Crippen molar-refractivity contribution < 1.29 is 9.21 Å². The molecule has 1 aliphatic rings. The molecule has 0 bridgehead atoms. The SMILES string of the molecule is CC(C)n1cc(CN2CCCN(C(=O)CCc3ccco3)CC2)cn1. The number of rotatable bonds is 6. The summed E-state index contributed by atoms with van der Waals surface area (Å²) < 4.78 is 7.31. The first-order valence-electron chi connectivity index (χ1n) is 9.17. The average molecular weight is 344 g/mol. The van der Waals surface area contributed by atoms with Crippen LogP contribution >= 0.6 is 0 Å². The van der Waals surface area contributed by atoms with E-state index in [1.54, 1.807) is 6.26 Å². The third-order valence-corrected chi connectivity index (χ3v) is 4.70. The summed E-state index contributed by atoms with van der Waals surface area (Å²) in [7, 11) is 0. The largest absolute Gasteiger partial charge is 0.469 e. The van der Waals surface area contributed by atoms with E-state index in [2.05, 4.69) is 30.0 Å². The van der Waals surface area contributed by atoms with Gasteiger partial charge < -0.3 is 9.32 Å². The van der Waals surface area contributed by atoms with E-state index in [0.717, 1.165) is 44.9 Å². The van der Waals surface area contributed by atoms with Crippen LogP contribution in [0, 0.1) is 0 Å². The predicted octanol–water partition coefficient (Wildman–Crippen LogP) is 2.72. The van der Waals surface area contributed by atoms with E-state index >= 15 is 0 Å². The van der Waals surface area contributed by atoms with Crippen molar-refractivity contribution in [3.8, 4) is 0 Å². The molecule has 0 radical (unpaired) electrons. The Balaban J connectivity index is 1.47. The first-order valence-corrected chi connectivity index (χ1v) is 9.17. The molecule has 0 atom stereocenters. The number of carbonyl (C=O) groups excluding carboxylic acids is 1. The lowest BCUT2D eigenvalue weighted by atomic mass is 10.2. The van der Waals surface area contributed by atoms with Gasteiger partial charge >= 0.3 is 0 Å². The van der Waals surface area contributed by atoms with Gasteiger partial charge in [-0.1, -0.05) is 0 Å². The molecule has 0 saturated carbocycles. The quantitative estimate of drug-likeness (QED) is 0.808. The number of hydrogen-bond acceptors (Lipinski definition) is 4. The Morgan fingerprint density at radius 2 is 2.16 bits per heavy atom. The Kier molecular flexibility index (Phi) is 5.91. The Morgan fingerprint density at radius 1 is 1.28 bits per heavy atom. The average Bonchev–Trinajstić information content (AvgIpc) is 3.22. The highest BCUT2D eigenvalue weighted by atomic mass is 16.3. The Morgan fingerprint density at radius 3 is 2.88 bits per heavy atom. The lowest BCUT2D eigenvalue weighted by Gasteiger charge is -2.21. The predicted molar refractivity (Wildman–Crippen MR) is 96.1 cm³/mol. The van der Waals surface area contributed by atoms with Crippen molar-refractivity contribution >= 4 is 5.91 Å². The third kappa shape index (κ3) is 4.95. The number of hydrogen-bond donors (Lipinski definition) is 0. The molecular weight excluding hydrogens is 316 g/mol. The summed E-state index contributed by atoms with van der Waals surface area (Å²) in [4.78, 5) is 16.9. The Bertz CT molecular complexity index is 663. The van der Waals surface area contributed by atoms with Crippen LogP contribution in [0.2, 0.25) is 0 Å². The minimum Gasteiger partial charge on any atom is -0.469 e. The molecule has 2 aromatic rings. The monoisotopic (exact) mass is 344 g/mol. The van der Waals surface area contributed by atoms with Crippen molar-refractivity contribution in [2.45, 2.75) is 45.7 Å². The molecule has 3 rings (SSSR count). The van der Waals surface area contributed by atoms with Crippen LogP contribution in [-0.2, 0) is 17.8 Å². The van der Waals surface area contributed by atoms with Gasteiger partial charge in [-0.15, -0.1) is 0 Å². The van der Waals surface area contributed by atoms with Gasteiger partial charge in [0.05, 0.1) is 12.5 Å². The zero-order valence-electron chi connectivity index (χ0n) is 15.2. The van der Waals surface area contributed by atoms with E-state index in [4.69, 9.17) is 4.42 Å². The number of nitrogens with zero attached hydrogens (tertiary/aromatic N) is 4. The van der Waals surface area contributed by atoms with Gasteiger partial charge in [-0.05, 0) is 32.4 Å². The van der Waals surface area contributed by atoms with Gasteiger partial charge in [0, 0.05) is 63.4 Å². The van der Waals surface area contributed by atoms with E-state index < -0.39 is 0 Å². The van der Waals surface area contributed by atoms with Crippen molar-refractivity contribution in [3.63, 3.8) is 0 Å². The molecule has 1 fully saturated rings. The molecule has 6 nitrogen and oxygen atoms in total. The maximum atomic E-state index is 12.4. The van der Waals surface area contributed by atoms with Crippen LogP contribution in [0.5, 0.6) is 0 Å². The number of aromatic nitrogens is 2. The number of furan rings is 1. The van der Waals surface area contributed by atoms with Gasteiger partial charge in [0.25, 0.3) is 0 Å². The summed E-state index contributed by atoms with van der Waals surface area (Å²) in [6.07, 6.45) is 7.96. The summed E-state index contributed by atoms with van der Waals surface area (Å²) in [6, 6.07) is 4.18. The highest BCUT2D eigenvalue weighted by molar-refractivity contribution is 5.76. The molecule has 0 aliphatic carbocycles. The number of aryl methyl sites for hydroxylation is 1. The van der Waals surface area contributed by atoms with E-state index in [0.29, 0.717) is 18.9 Å². The molecule has 1 saturated heterocycles. The fraction of sp³-hybridized carbons (Fsp3) is 0.579. The maximum Gasteiger partial charge on any atom is 0.223 e. The summed E-state index contributed by atoms with van der Waals surface area (Å²) in [5.74, 6) is 1.11. The fourth-order valence-electron chi connectivity index (χ4n) is 3.22. The van der Waals surface area contributed by atoms with E-state index in [1.165, 1.54) is 5.56 Å². The van der Waals surface area contributed by atoms with Gasteiger partial charge in [0.15, 0.2) is 0 Å². The molecule has 6 heteroatoms. The first-order chi connectivity index (χ1) is 12.1. The van der Waals surface area contributed by atoms with Gasteiger partial charge in [-0.2, -0.15) is 5.10 Å². The minimum atomic E-state index is 0.228. The summed E-state index contributed by atoms with van der Waals surface area (Å²) >= 11 is 0. The second-order valence-electron chi connectivity index (χ2n) is 7.01. The second kappa shape index (κ2) is 8.34. The molecule has 0 aromatic carbocycles. The van der Waals surface area contributed by atoms with Crippen molar-refractivity contribution in [1.29, 1.82) is 0 Å². The van der Waals surface area contributed by atoms with Crippen molar-refractivity contribution in [1.82, 2.24) is 19.6 Å². The molecule has 1 amide bonds. The first kappa shape index (κ1) is 17.7. The molecule has 136 valence electrons. The van der Waals surface area contributed by atoms with Crippen LogP contribution in [0.4, 0.5) is 0 Å². The summed E-state index contributed by atoms with van der Waals surface area (Å²) in [5, 5.41) is 4.41.